The first-order valence-electron chi connectivity index (χ1n) is 6.03. The first-order valence-corrected chi connectivity index (χ1v) is 6.03. The van der Waals surface area contributed by atoms with Gasteiger partial charge in [0, 0.05) is 5.56 Å². The summed E-state index contributed by atoms with van der Waals surface area (Å²) in [6.07, 6.45) is 1.50. The van der Waals surface area contributed by atoms with E-state index >= 15 is 0 Å². The van der Waals surface area contributed by atoms with Crippen molar-refractivity contribution >= 4 is 12.1 Å². The third-order valence-electron chi connectivity index (χ3n) is 2.61. The van der Waals surface area contributed by atoms with Crippen LogP contribution in [0.2, 0.25) is 0 Å². The van der Waals surface area contributed by atoms with Crippen LogP contribution in [0.5, 0.6) is 11.5 Å². The van der Waals surface area contributed by atoms with Gasteiger partial charge in [-0.05, 0) is 23.8 Å². The van der Waals surface area contributed by atoms with E-state index < -0.39 is 0 Å². The van der Waals surface area contributed by atoms with Crippen LogP contribution >= 0.6 is 0 Å². The summed E-state index contributed by atoms with van der Waals surface area (Å²) in [5, 5.41) is 22.5. The number of phenols is 2. The number of benzene rings is 2. The second kappa shape index (κ2) is 6.38. The smallest absolute Gasteiger partial charge is 0.244 e. The average molecular weight is 270 g/mol. The molecule has 0 radical (unpaired) electrons. The number of hydrogen-bond donors (Lipinski definition) is 3. The summed E-state index contributed by atoms with van der Waals surface area (Å²) in [5.41, 5.74) is 3.58. The highest BCUT2D eigenvalue weighted by atomic mass is 16.3. The molecule has 0 bridgehead atoms. The van der Waals surface area contributed by atoms with Crippen LogP contribution in [0.25, 0.3) is 0 Å². The van der Waals surface area contributed by atoms with Crippen LogP contribution in [-0.4, -0.2) is 22.3 Å². The number of nitrogens with zero attached hydrogens (tertiary/aromatic N) is 1. The molecule has 0 aliphatic carbocycles. The van der Waals surface area contributed by atoms with Crippen molar-refractivity contribution in [1.29, 1.82) is 0 Å². The van der Waals surface area contributed by atoms with Crippen LogP contribution in [0.1, 0.15) is 11.1 Å². The Bertz CT molecular complexity index is 624. The summed E-state index contributed by atoms with van der Waals surface area (Å²) in [7, 11) is 0. The molecule has 5 heteroatoms. The largest absolute Gasteiger partial charge is 0.508 e. The maximum atomic E-state index is 11.6. The molecule has 0 aliphatic rings. The summed E-state index contributed by atoms with van der Waals surface area (Å²) in [5.74, 6) is -0.268. The third kappa shape index (κ3) is 3.84. The van der Waals surface area contributed by atoms with E-state index in [2.05, 4.69) is 10.5 Å². The second-order valence-corrected chi connectivity index (χ2v) is 4.20. The molecule has 0 atom stereocenters. The lowest BCUT2D eigenvalue weighted by molar-refractivity contribution is -0.120. The van der Waals surface area contributed by atoms with Crippen LogP contribution in [0.3, 0.4) is 0 Å². The predicted molar refractivity (Wildman–Crippen MR) is 75.7 cm³/mol. The minimum absolute atomic E-state index is 0.0138. The van der Waals surface area contributed by atoms with Gasteiger partial charge >= 0.3 is 0 Å². The average Bonchev–Trinajstić information content (AvgIpc) is 2.44. The van der Waals surface area contributed by atoms with E-state index in [1.807, 2.05) is 30.3 Å². The van der Waals surface area contributed by atoms with Crippen molar-refractivity contribution in [3.63, 3.8) is 0 Å². The molecule has 3 N–H and O–H groups in total. The fourth-order valence-electron chi connectivity index (χ4n) is 1.64. The van der Waals surface area contributed by atoms with Crippen molar-refractivity contribution in [2.45, 2.75) is 6.42 Å². The summed E-state index contributed by atoms with van der Waals surface area (Å²) in [6, 6.07) is 13.4. The number of hydrogen-bond acceptors (Lipinski definition) is 4. The molecule has 0 saturated heterocycles. The lowest BCUT2D eigenvalue weighted by atomic mass is 10.1. The van der Waals surface area contributed by atoms with Crippen molar-refractivity contribution in [3.8, 4) is 11.5 Å². The Morgan fingerprint density at radius 2 is 1.90 bits per heavy atom. The molecule has 1 amide bonds. The Balaban J connectivity index is 1.93. The fraction of sp³-hybridized carbons (Fsp3) is 0.0667. The van der Waals surface area contributed by atoms with Crippen molar-refractivity contribution in [1.82, 2.24) is 5.43 Å². The molecule has 5 nitrogen and oxygen atoms in total. The van der Waals surface area contributed by atoms with Gasteiger partial charge in [0.15, 0.2) is 0 Å². The molecule has 2 rings (SSSR count). The van der Waals surface area contributed by atoms with E-state index in [0.717, 1.165) is 5.56 Å². The Morgan fingerprint density at radius 3 is 2.65 bits per heavy atom. The monoisotopic (exact) mass is 270 g/mol. The zero-order valence-electron chi connectivity index (χ0n) is 10.7. The SMILES string of the molecule is O=C(Cc1ccccc1)N/N=C\c1cc(O)ccc1O. The summed E-state index contributed by atoms with van der Waals surface area (Å²) in [4.78, 5) is 11.6. The molecule has 0 aromatic heterocycles. The molecule has 0 heterocycles. The topological polar surface area (TPSA) is 81.9 Å². The van der Waals surface area contributed by atoms with E-state index in [-0.39, 0.29) is 23.8 Å². The molecular weight excluding hydrogens is 256 g/mol. The van der Waals surface area contributed by atoms with Crippen molar-refractivity contribution in [2.24, 2.45) is 5.10 Å². The van der Waals surface area contributed by atoms with Gasteiger partial charge in [-0.2, -0.15) is 5.10 Å². The number of nitrogens with one attached hydrogen (secondary N) is 1. The van der Waals surface area contributed by atoms with Crippen LogP contribution in [0.4, 0.5) is 0 Å². The first kappa shape index (κ1) is 13.6. The van der Waals surface area contributed by atoms with Gasteiger partial charge in [0.1, 0.15) is 11.5 Å². The highest BCUT2D eigenvalue weighted by Crippen LogP contribution is 2.19. The maximum Gasteiger partial charge on any atom is 0.244 e. The van der Waals surface area contributed by atoms with Gasteiger partial charge in [-0.25, -0.2) is 5.43 Å². The molecule has 2 aromatic carbocycles. The van der Waals surface area contributed by atoms with Crippen LogP contribution < -0.4 is 5.43 Å². The molecule has 0 unspecified atom stereocenters. The van der Waals surface area contributed by atoms with Gasteiger partial charge in [-0.15, -0.1) is 0 Å². The summed E-state index contributed by atoms with van der Waals surface area (Å²) < 4.78 is 0. The maximum absolute atomic E-state index is 11.6. The van der Waals surface area contributed by atoms with Gasteiger partial charge in [-0.1, -0.05) is 30.3 Å². The van der Waals surface area contributed by atoms with E-state index in [1.54, 1.807) is 0 Å². The second-order valence-electron chi connectivity index (χ2n) is 4.20. The summed E-state index contributed by atoms with van der Waals surface area (Å²) in [6.45, 7) is 0. The molecule has 2 aromatic rings. The molecule has 102 valence electrons. The highest BCUT2D eigenvalue weighted by Gasteiger charge is 2.02. The number of carbonyl (C=O) groups is 1. The predicted octanol–water partition coefficient (Wildman–Crippen LogP) is 1.79. The van der Waals surface area contributed by atoms with Crippen LogP contribution in [-0.2, 0) is 11.2 Å². The lowest BCUT2D eigenvalue weighted by Crippen LogP contribution is -2.19. The van der Waals surface area contributed by atoms with Crippen molar-refractivity contribution in [3.05, 3.63) is 59.7 Å². The van der Waals surface area contributed by atoms with Crippen molar-refractivity contribution < 1.29 is 15.0 Å². The standard InChI is InChI=1S/C15H14N2O3/c18-13-6-7-14(19)12(9-13)10-16-17-15(20)8-11-4-2-1-3-5-11/h1-7,9-10,18-19H,8H2,(H,17,20)/b16-10-. The summed E-state index contributed by atoms with van der Waals surface area (Å²) >= 11 is 0. The van der Waals surface area contributed by atoms with E-state index in [4.69, 9.17) is 0 Å². The molecule has 20 heavy (non-hydrogen) atoms. The molecule has 0 aliphatic heterocycles. The van der Waals surface area contributed by atoms with Crippen LogP contribution in [0.15, 0.2) is 53.6 Å². The number of phenolic OH excluding ortho intramolecular Hbond substituents is 2. The van der Waals surface area contributed by atoms with E-state index in [0.29, 0.717) is 5.56 Å². The van der Waals surface area contributed by atoms with Gasteiger partial charge in [0.05, 0.1) is 12.6 Å². The Hall–Kier alpha value is -2.82. The van der Waals surface area contributed by atoms with Gasteiger partial charge in [0.25, 0.3) is 0 Å². The quantitative estimate of drug-likeness (QED) is 0.450. The number of amides is 1. The number of carbonyl (C=O) groups excluding carboxylic acids is 1. The Kier molecular flexibility index (Phi) is 4.34. The zero-order chi connectivity index (χ0) is 14.4. The minimum Gasteiger partial charge on any atom is -0.508 e. The van der Waals surface area contributed by atoms with Gasteiger partial charge in [0.2, 0.25) is 5.91 Å². The number of aromatic hydroxyl groups is 2. The van der Waals surface area contributed by atoms with Crippen LogP contribution in [0, 0.1) is 0 Å². The van der Waals surface area contributed by atoms with E-state index in [1.165, 1.54) is 24.4 Å². The minimum atomic E-state index is -0.257. The van der Waals surface area contributed by atoms with E-state index in [9.17, 15) is 15.0 Å². The zero-order valence-corrected chi connectivity index (χ0v) is 10.7. The molecule has 0 fully saturated rings. The number of rotatable bonds is 4. The van der Waals surface area contributed by atoms with Gasteiger partial charge in [-0.3, -0.25) is 4.79 Å². The number of hydrazone groups is 1. The fourth-order valence-corrected chi connectivity index (χ4v) is 1.64. The third-order valence-corrected chi connectivity index (χ3v) is 2.61. The Morgan fingerprint density at radius 1 is 1.15 bits per heavy atom. The Labute approximate surface area is 116 Å². The normalized spacial score (nSPS) is 10.6. The first-order chi connectivity index (χ1) is 9.65. The molecular formula is C15H14N2O3. The molecule has 0 saturated carbocycles. The lowest BCUT2D eigenvalue weighted by Gasteiger charge is -2.01. The van der Waals surface area contributed by atoms with Crippen molar-refractivity contribution in [2.75, 3.05) is 0 Å². The highest BCUT2D eigenvalue weighted by molar-refractivity contribution is 5.86. The van der Waals surface area contributed by atoms with Gasteiger partial charge < -0.3 is 10.2 Å². The molecule has 0 spiro atoms.